The molecule has 1 aliphatic carbocycles. The number of aromatic nitrogens is 5. The van der Waals surface area contributed by atoms with Crippen molar-refractivity contribution in [3.63, 3.8) is 0 Å². The molecule has 3 heterocycles. The molecule has 0 radical (unpaired) electrons. The standard InChI is InChI=1S/C17H24N6O3S/c1-3-26-6-7-27(24,25)22-12-8-11(2)13(9-12)17-21-20-15-10-19-16-14(23(15)17)4-5-18-16/h4-5,10-13,18,22H,3,6-9H2,1-2H3. The summed E-state index contributed by atoms with van der Waals surface area (Å²) in [5.41, 5.74) is 2.41. The second-order valence-corrected chi connectivity index (χ2v) is 8.98. The summed E-state index contributed by atoms with van der Waals surface area (Å²) >= 11 is 0. The fourth-order valence-electron chi connectivity index (χ4n) is 3.97. The van der Waals surface area contributed by atoms with E-state index in [1.165, 1.54) is 0 Å². The molecule has 3 atom stereocenters. The number of nitrogens with one attached hydrogen (secondary N) is 2. The van der Waals surface area contributed by atoms with Crippen LogP contribution >= 0.6 is 0 Å². The molecule has 2 N–H and O–H groups in total. The fourth-order valence-corrected chi connectivity index (χ4v) is 5.12. The Morgan fingerprint density at radius 2 is 2.22 bits per heavy atom. The third-order valence-corrected chi connectivity index (χ3v) is 6.62. The number of H-pyrrole nitrogens is 1. The van der Waals surface area contributed by atoms with Crippen LogP contribution in [0.25, 0.3) is 16.8 Å². The van der Waals surface area contributed by atoms with E-state index in [4.69, 9.17) is 4.74 Å². The van der Waals surface area contributed by atoms with Crippen LogP contribution in [0.2, 0.25) is 0 Å². The number of fused-ring (bicyclic) bond motifs is 3. The van der Waals surface area contributed by atoms with Gasteiger partial charge in [0.05, 0.1) is 24.1 Å². The first-order valence-corrected chi connectivity index (χ1v) is 10.9. The number of rotatable bonds is 7. The maximum Gasteiger partial charge on any atom is 0.214 e. The summed E-state index contributed by atoms with van der Waals surface area (Å²) < 4.78 is 34.6. The molecule has 9 nitrogen and oxygen atoms in total. The van der Waals surface area contributed by atoms with Crippen LogP contribution in [0.5, 0.6) is 0 Å². The first-order valence-electron chi connectivity index (χ1n) is 9.23. The highest BCUT2D eigenvalue weighted by Gasteiger charge is 2.37. The first kappa shape index (κ1) is 18.3. The molecule has 3 unspecified atom stereocenters. The van der Waals surface area contributed by atoms with Crippen LogP contribution in [-0.4, -0.2) is 58.0 Å². The van der Waals surface area contributed by atoms with Crippen LogP contribution in [0.4, 0.5) is 0 Å². The van der Waals surface area contributed by atoms with E-state index < -0.39 is 10.0 Å². The van der Waals surface area contributed by atoms with Gasteiger partial charge in [0.25, 0.3) is 0 Å². The van der Waals surface area contributed by atoms with Crippen LogP contribution in [-0.2, 0) is 14.8 Å². The predicted molar refractivity (Wildman–Crippen MR) is 101 cm³/mol. The molecule has 0 amide bonds. The maximum atomic E-state index is 12.3. The van der Waals surface area contributed by atoms with Crippen molar-refractivity contribution in [3.8, 4) is 0 Å². The summed E-state index contributed by atoms with van der Waals surface area (Å²) in [7, 11) is -3.35. The average molecular weight is 392 g/mol. The zero-order valence-electron chi connectivity index (χ0n) is 15.4. The molecule has 0 bridgehead atoms. The highest BCUT2D eigenvalue weighted by atomic mass is 32.2. The fraction of sp³-hybridized carbons (Fsp3) is 0.588. The van der Waals surface area contributed by atoms with Crippen LogP contribution in [0.1, 0.15) is 38.4 Å². The van der Waals surface area contributed by atoms with Crippen molar-refractivity contribution in [2.45, 2.75) is 38.6 Å². The molecule has 0 aliphatic heterocycles. The van der Waals surface area contributed by atoms with Gasteiger partial charge in [-0.1, -0.05) is 6.92 Å². The Kier molecular flexibility index (Phi) is 4.87. The van der Waals surface area contributed by atoms with Gasteiger partial charge in [-0.25, -0.2) is 18.1 Å². The normalized spacial score (nSPS) is 23.6. The minimum atomic E-state index is -3.35. The van der Waals surface area contributed by atoms with Gasteiger partial charge in [-0.15, -0.1) is 10.2 Å². The lowest BCUT2D eigenvalue weighted by Crippen LogP contribution is -2.36. The first-order chi connectivity index (χ1) is 13.0. The van der Waals surface area contributed by atoms with Crippen molar-refractivity contribution in [3.05, 3.63) is 24.3 Å². The SMILES string of the molecule is CCOCCS(=O)(=O)NC1CC(C)C(c2nnc3cnc4[nH]ccc4n23)C1. The lowest BCUT2D eigenvalue weighted by molar-refractivity contribution is 0.163. The average Bonchev–Trinajstić information content (AvgIpc) is 3.31. The number of hydrogen-bond acceptors (Lipinski definition) is 6. The van der Waals surface area contributed by atoms with Gasteiger partial charge in [-0.2, -0.15) is 0 Å². The molecule has 3 aromatic rings. The molecule has 0 aromatic carbocycles. The molecule has 1 saturated carbocycles. The van der Waals surface area contributed by atoms with Crippen molar-refractivity contribution in [2.24, 2.45) is 5.92 Å². The van der Waals surface area contributed by atoms with Gasteiger partial charge in [0.1, 0.15) is 5.82 Å². The van der Waals surface area contributed by atoms with Crippen LogP contribution in [0.3, 0.4) is 0 Å². The van der Waals surface area contributed by atoms with E-state index in [0.29, 0.717) is 24.6 Å². The molecule has 3 aromatic heterocycles. The Bertz CT molecular complexity index is 1040. The summed E-state index contributed by atoms with van der Waals surface area (Å²) in [4.78, 5) is 7.45. The van der Waals surface area contributed by atoms with E-state index in [-0.39, 0.29) is 24.3 Å². The molecular weight excluding hydrogens is 368 g/mol. The molecular formula is C17H24N6O3S. The molecule has 0 spiro atoms. The van der Waals surface area contributed by atoms with Crippen molar-refractivity contribution in [1.29, 1.82) is 0 Å². The molecule has 1 aliphatic rings. The number of ether oxygens (including phenoxy) is 1. The highest BCUT2D eigenvalue weighted by Crippen LogP contribution is 2.39. The highest BCUT2D eigenvalue weighted by molar-refractivity contribution is 7.89. The summed E-state index contributed by atoms with van der Waals surface area (Å²) in [5, 5.41) is 8.67. The molecule has 1 fully saturated rings. The Hall–Kier alpha value is -2.04. The Labute approximate surface area is 157 Å². The molecule has 27 heavy (non-hydrogen) atoms. The monoisotopic (exact) mass is 392 g/mol. The molecule has 10 heteroatoms. The van der Waals surface area contributed by atoms with Crippen molar-refractivity contribution >= 4 is 26.8 Å². The lowest BCUT2D eigenvalue weighted by Gasteiger charge is -2.14. The van der Waals surface area contributed by atoms with E-state index in [9.17, 15) is 8.42 Å². The van der Waals surface area contributed by atoms with Crippen LogP contribution < -0.4 is 4.72 Å². The van der Waals surface area contributed by atoms with Gasteiger partial charge in [-0.05, 0) is 31.7 Å². The summed E-state index contributed by atoms with van der Waals surface area (Å²) in [5.74, 6) is 1.26. The van der Waals surface area contributed by atoms with E-state index in [2.05, 4.69) is 31.8 Å². The second kappa shape index (κ2) is 7.17. The van der Waals surface area contributed by atoms with E-state index in [1.54, 1.807) is 6.20 Å². The largest absolute Gasteiger partial charge is 0.381 e. The van der Waals surface area contributed by atoms with Gasteiger partial charge in [-0.3, -0.25) is 4.40 Å². The lowest BCUT2D eigenvalue weighted by atomic mass is 9.97. The Morgan fingerprint density at radius 1 is 1.37 bits per heavy atom. The third-order valence-electron chi connectivity index (χ3n) is 5.23. The summed E-state index contributed by atoms with van der Waals surface area (Å²) in [6.07, 6.45) is 5.01. The van der Waals surface area contributed by atoms with Crippen molar-refractivity contribution < 1.29 is 13.2 Å². The molecule has 4 rings (SSSR count). The quantitative estimate of drug-likeness (QED) is 0.588. The van der Waals surface area contributed by atoms with Gasteiger partial charge >= 0.3 is 0 Å². The number of sulfonamides is 1. The number of nitrogens with zero attached hydrogens (tertiary/aromatic N) is 4. The van der Waals surface area contributed by atoms with Crippen LogP contribution in [0, 0.1) is 5.92 Å². The minimum absolute atomic E-state index is 0.0140. The molecule has 0 saturated heterocycles. The zero-order valence-corrected chi connectivity index (χ0v) is 16.2. The van der Waals surface area contributed by atoms with Gasteiger partial charge in [0.2, 0.25) is 10.0 Å². The van der Waals surface area contributed by atoms with Crippen molar-refractivity contribution in [2.75, 3.05) is 19.0 Å². The number of hydrogen-bond donors (Lipinski definition) is 2. The number of aromatic amines is 1. The summed E-state index contributed by atoms with van der Waals surface area (Å²) in [6, 6.07) is 1.85. The van der Waals surface area contributed by atoms with E-state index in [1.807, 2.05) is 23.6 Å². The van der Waals surface area contributed by atoms with Gasteiger partial charge in [0, 0.05) is 24.8 Å². The van der Waals surface area contributed by atoms with Crippen LogP contribution in [0.15, 0.2) is 18.5 Å². The summed E-state index contributed by atoms with van der Waals surface area (Å²) in [6.45, 7) is 4.71. The predicted octanol–water partition coefficient (Wildman–Crippen LogP) is 1.44. The van der Waals surface area contributed by atoms with Gasteiger partial charge in [0.15, 0.2) is 11.3 Å². The van der Waals surface area contributed by atoms with E-state index >= 15 is 0 Å². The van der Waals surface area contributed by atoms with E-state index in [0.717, 1.165) is 23.4 Å². The smallest absolute Gasteiger partial charge is 0.214 e. The van der Waals surface area contributed by atoms with Gasteiger partial charge < -0.3 is 9.72 Å². The third kappa shape index (κ3) is 3.56. The zero-order chi connectivity index (χ0) is 19.0. The topological polar surface area (TPSA) is 114 Å². The maximum absolute atomic E-state index is 12.3. The Morgan fingerprint density at radius 3 is 3.04 bits per heavy atom. The minimum Gasteiger partial charge on any atom is -0.381 e. The second-order valence-electron chi connectivity index (χ2n) is 7.11. The Balaban J connectivity index is 1.56. The molecule has 146 valence electrons. The van der Waals surface area contributed by atoms with Crippen molar-refractivity contribution in [1.82, 2.24) is 29.3 Å².